The summed E-state index contributed by atoms with van der Waals surface area (Å²) in [6, 6.07) is 13.6. The van der Waals surface area contributed by atoms with Gasteiger partial charge in [0.1, 0.15) is 5.82 Å². The van der Waals surface area contributed by atoms with Crippen molar-refractivity contribution in [3.05, 3.63) is 59.4 Å². The molecule has 2 N–H and O–H groups in total. The van der Waals surface area contributed by atoms with Crippen LogP contribution < -0.4 is 10.6 Å². The van der Waals surface area contributed by atoms with E-state index in [9.17, 15) is 4.39 Å². The molecule has 1 atom stereocenters. The van der Waals surface area contributed by atoms with E-state index in [0.717, 1.165) is 16.9 Å². The average Bonchev–Trinajstić information content (AvgIpc) is 2.46. The zero-order valence-electron chi connectivity index (χ0n) is 11.5. The fraction of sp³-hybridized carbons (Fsp3) is 0.188. The first kappa shape index (κ1) is 14.0. The van der Waals surface area contributed by atoms with Gasteiger partial charge in [-0.3, -0.25) is 0 Å². The van der Waals surface area contributed by atoms with Crippen molar-refractivity contribution >= 4 is 11.4 Å². The summed E-state index contributed by atoms with van der Waals surface area (Å²) in [5, 5.41) is 8.81. The first-order chi connectivity index (χ1) is 9.52. The molecule has 0 aliphatic heterocycles. The van der Waals surface area contributed by atoms with E-state index in [4.69, 9.17) is 11.0 Å². The van der Waals surface area contributed by atoms with E-state index in [-0.39, 0.29) is 11.9 Å². The molecule has 0 aliphatic rings. The van der Waals surface area contributed by atoms with Crippen molar-refractivity contribution in [1.29, 1.82) is 5.26 Å². The Morgan fingerprint density at radius 2 is 1.85 bits per heavy atom. The standard InChI is InChI=1S/C16H16FN3/c1-11(19)15-9-13(17)5-8-16(15)20(2)14-6-3-12(10-18)4-7-14/h3-9,11H,19H2,1-2H3/t11-/m0/s1. The molecule has 0 aliphatic carbocycles. The minimum absolute atomic E-state index is 0.262. The van der Waals surface area contributed by atoms with E-state index in [1.54, 1.807) is 18.2 Å². The van der Waals surface area contributed by atoms with Crippen molar-refractivity contribution in [3.63, 3.8) is 0 Å². The first-order valence-electron chi connectivity index (χ1n) is 6.32. The second-order valence-corrected chi connectivity index (χ2v) is 4.71. The van der Waals surface area contributed by atoms with Gasteiger partial charge < -0.3 is 10.6 Å². The maximum Gasteiger partial charge on any atom is 0.123 e. The van der Waals surface area contributed by atoms with E-state index < -0.39 is 0 Å². The molecule has 2 aromatic rings. The Morgan fingerprint density at radius 1 is 1.20 bits per heavy atom. The summed E-state index contributed by atoms with van der Waals surface area (Å²) >= 11 is 0. The Kier molecular flexibility index (Phi) is 4.02. The molecule has 0 saturated heterocycles. The number of hydrogen-bond donors (Lipinski definition) is 1. The Bertz CT molecular complexity index is 642. The summed E-state index contributed by atoms with van der Waals surface area (Å²) < 4.78 is 13.4. The fourth-order valence-corrected chi connectivity index (χ4v) is 2.09. The van der Waals surface area contributed by atoms with Crippen molar-refractivity contribution in [1.82, 2.24) is 0 Å². The molecule has 0 spiro atoms. The van der Waals surface area contributed by atoms with Crippen molar-refractivity contribution < 1.29 is 4.39 Å². The van der Waals surface area contributed by atoms with E-state index in [2.05, 4.69) is 6.07 Å². The van der Waals surface area contributed by atoms with Gasteiger partial charge >= 0.3 is 0 Å². The third kappa shape index (κ3) is 2.79. The second-order valence-electron chi connectivity index (χ2n) is 4.71. The van der Waals surface area contributed by atoms with Crippen molar-refractivity contribution in [2.45, 2.75) is 13.0 Å². The van der Waals surface area contributed by atoms with Crippen LogP contribution in [0.1, 0.15) is 24.1 Å². The van der Waals surface area contributed by atoms with Crippen LogP contribution in [-0.2, 0) is 0 Å². The molecule has 3 nitrogen and oxygen atoms in total. The molecule has 2 rings (SSSR count). The lowest BCUT2D eigenvalue weighted by Gasteiger charge is -2.24. The lowest BCUT2D eigenvalue weighted by molar-refractivity contribution is 0.622. The van der Waals surface area contributed by atoms with Crippen LogP contribution in [0.2, 0.25) is 0 Å². The summed E-state index contributed by atoms with van der Waals surface area (Å²) in [5.74, 6) is -0.297. The highest BCUT2D eigenvalue weighted by Crippen LogP contribution is 2.30. The van der Waals surface area contributed by atoms with Crippen molar-refractivity contribution in [2.24, 2.45) is 5.73 Å². The number of halogens is 1. The van der Waals surface area contributed by atoms with Crippen LogP contribution in [0.3, 0.4) is 0 Å². The number of nitrogens with zero attached hydrogens (tertiary/aromatic N) is 2. The fourth-order valence-electron chi connectivity index (χ4n) is 2.09. The molecular weight excluding hydrogens is 253 g/mol. The van der Waals surface area contributed by atoms with Gasteiger partial charge in [0.2, 0.25) is 0 Å². The Morgan fingerprint density at radius 3 is 2.40 bits per heavy atom. The SMILES string of the molecule is C[C@H](N)c1cc(F)ccc1N(C)c1ccc(C#N)cc1. The molecule has 0 fully saturated rings. The highest BCUT2D eigenvalue weighted by molar-refractivity contribution is 5.66. The van der Waals surface area contributed by atoms with Gasteiger partial charge in [0.25, 0.3) is 0 Å². The summed E-state index contributed by atoms with van der Waals surface area (Å²) in [7, 11) is 1.89. The van der Waals surface area contributed by atoms with Crippen molar-refractivity contribution in [2.75, 3.05) is 11.9 Å². The summed E-state index contributed by atoms with van der Waals surface area (Å²) in [6.07, 6.45) is 0. The lowest BCUT2D eigenvalue weighted by atomic mass is 10.1. The third-order valence-corrected chi connectivity index (χ3v) is 3.23. The molecule has 0 bridgehead atoms. The van der Waals surface area contributed by atoms with Crippen LogP contribution in [-0.4, -0.2) is 7.05 Å². The average molecular weight is 269 g/mol. The smallest absolute Gasteiger partial charge is 0.123 e. The molecule has 20 heavy (non-hydrogen) atoms. The van der Waals surface area contributed by atoms with Crippen LogP contribution in [0.25, 0.3) is 0 Å². The minimum Gasteiger partial charge on any atom is -0.344 e. The largest absolute Gasteiger partial charge is 0.344 e. The molecule has 4 heteroatoms. The topological polar surface area (TPSA) is 53.0 Å². The first-order valence-corrected chi connectivity index (χ1v) is 6.32. The van der Waals surface area contributed by atoms with E-state index in [0.29, 0.717) is 5.56 Å². The molecule has 0 amide bonds. The van der Waals surface area contributed by atoms with E-state index in [1.165, 1.54) is 12.1 Å². The predicted molar refractivity (Wildman–Crippen MR) is 78.2 cm³/mol. The summed E-state index contributed by atoms with van der Waals surface area (Å²) in [6.45, 7) is 1.82. The normalized spacial score (nSPS) is 11.8. The quantitative estimate of drug-likeness (QED) is 0.928. The number of anilines is 2. The van der Waals surface area contributed by atoms with Crippen LogP contribution in [0.15, 0.2) is 42.5 Å². The molecule has 0 aromatic heterocycles. The zero-order chi connectivity index (χ0) is 14.7. The van der Waals surface area contributed by atoms with Gasteiger partial charge in [-0.15, -0.1) is 0 Å². The van der Waals surface area contributed by atoms with Gasteiger partial charge in [0.15, 0.2) is 0 Å². The number of benzene rings is 2. The number of nitriles is 1. The number of rotatable bonds is 3. The van der Waals surface area contributed by atoms with Gasteiger partial charge in [-0.05, 0) is 55.0 Å². The second kappa shape index (κ2) is 5.72. The molecule has 0 radical (unpaired) electrons. The molecule has 102 valence electrons. The van der Waals surface area contributed by atoms with Gasteiger partial charge in [-0.25, -0.2) is 4.39 Å². The minimum atomic E-state index is -0.297. The molecular formula is C16H16FN3. The Balaban J connectivity index is 2.42. The lowest BCUT2D eigenvalue weighted by Crippen LogP contribution is -2.16. The maximum atomic E-state index is 13.4. The van der Waals surface area contributed by atoms with Crippen LogP contribution >= 0.6 is 0 Å². The summed E-state index contributed by atoms with van der Waals surface area (Å²) in [4.78, 5) is 1.93. The molecule has 0 heterocycles. The van der Waals surface area contributed by atoms with Crippen molar-refractivity contribution in [3.8, 4) is 6.07 Å². The highest BCUT2D eigenvalue weighted by atomic mass is 19.1. The predicted octanol–water partition coefficient (Wildman–Crippen LogP) is 3.48. The van der Waals surface area contributed by atoms with Gasteiger partial charge in [0.05, 0.1) is 11.6 Å². The van der Waals surface area contributed by atoms with Crippen LogP contribution in [0, 0.1) is 17.1 Å². The molecule has 2 aromatic carbocycles. The molecule has 0 unspecified atom stereocenters. The maximum absolute atomic E-state index is 13.4. The van der Waals surface area contributed by atoms with Crippen LogP contribution in [0.5, 0.6) is 0 Å². The van der Waals surface area contributed by atoms with Crippen LogP contribution in [0.4, 0.5) is 15.8 Å². The molecule has 0 saturated carbocycles. The van der Waals surface area contributed by atoms with Gasteiger partial charge in [-0.2, -0.15) is 5.26 Å². The van der Waals surface area contributed by atoms with Gasteiger partial charge in [0, 0.05) is 24.5 Å². The Labute approximate surface area is 118 Å². The number of nitrogens with two attached hydrogens (primary N) is 1. The van der Waals surface area contributed by atoms with E-state index in [1.807, 2.05) is 31.0 Å². The third-order valence-electron chi connectivity index (χ3n) is 3.23. The highest BCUT2D eigenvalue weighted by Gasteiger charge is 2.13. The zero-order valence-corrected chi connectivity index (χ0v) is 11.5. The monoisotopic (exact) mass is 269 g/mol. The Hall–Kier alpha value is -2.38. The van der Waals surface area contributed by atoms with E-state index >= 15 is 0 Å². The summed E-state index contributed by atoms with van der Waals surface area (Å²) in [5.41, 5.74) is 9.03. The number of hydrogen-bond acceptors (Lipinski definition) is 3. The van der Waals surface area contributed by atoms with Gasteiger partial charge in [-0.1, -0.05) is 0 Å².